The van der Waals surface area contributed by atoms with Crippen molar-refractivity contribution in [3.05, 3.63) is 99.2 Å². The number of hydrogen-bond acceptors (Lipinski definition) is 5. The van der Waals surface area contributed by atoms with Crippen molar-refractivity contribution >= 4 is 20.9 Å². The van der Waals surface area contributed by atoms with E-state index in [4.69, 9.17) is 0 Å². The van der Waals surface area contributed by atoms with Gasteiger partial charge in [-0.25, -0.2) is 21.9 Å². The Morgan fingerprint density at radius 1 is 0.952 bits per heavy atom. The van der Waals surface area contributed by atoms with Gasteiger partial charge in [-0.15, -0.1) is 0 Å². The molecule has 2 N–H and O–H groups in total. The minimum absolute atomic E-state index is 0.164. The van der Waals surface area contributed by atoms with E-state index in [1.54, 1.807) is 6.07 Å². The molecule has 1 aliphatic rings. The Hall–Kier alpha value is -3.78. The molecule has 7 nitrogen and oxygen atoms in total. The highest BCUT2D eigenvalue weighted by molar-refractivity contribution is 7.89. The van der Waals surface area contributed by atoms with Gasteiger partial charge in [-0.2, -0.15) is 17.6 Å². The third-order valence-corrected chi connectivity index (χ3v) is 7.28. The Morgan fingerprint density at radius 3 is 2.14 bits per heavy atom. The van der Waals surface area contributed by atoms with E-state index in [1.165, 1.54) is 49.4 Å². The largest absolute Gasteiger partial charge is 0.507 e. The van der Waals surface area contributed by atoms with E-state index < -0.39 is 57.3 Å². The lowest BCUT2D eigenvalue weighted by atomic mass is 9.99. The molecule has 1 aromatic heterocycles. The fourth-order valence-corrected chi connectivity index (χ4v) is 4.94. The molecule has 0 saturated carbocycles. The van der Waals surface area contributed by atoms with Crippen LogP contribution < -0.4 is 10.3 Å². The van der Waals surface area contributed by atoms with Gasteiger partial charge in [0.2, 0.25) is 15.6 Å². The highest BCUT2D eigenvalue weighted by Gasteiger charge is 2.66. The first-order chi connectivity index (χ1) is 19.5. The zero-order valence-electron chi connectivity index (χ0n) is 22.9. The van der Waals surface area contributed by atoms with Gasteiger partial charge in [-0.05, 0) is 54.8 Å². The van der Waals surface area contributed by atoms with Gasteiger partial charge in [0.15, 0.2) is 11.5 Å². The van der Waals surface area contributed by atoms with Gasteiger partial charge in [0, 0.05) is 29.5 Å². The molecule has 3 aromatic rings. The smallest absolute Gasteiger partial charge is 0.424 e. The zero-order chi connectivity index (χ0) is 31.5. The zero-order valence-corrected chi connectivity index (χ0v) is 23.7. The molecule has 0 aliphatic carbocycles. The summed E-state index contributed by atoms with van der Waals surface area (Å²) < 4.78 is 118. The molecule has 228 valence electrons. The average molecular weight is 619 g/mol. The first-order valence-electron chi connectivity index (χ1n) is 12.6. The van der Waals surface area contributed by atoms with E-state index >= 15 is 0 Å². The van der Waals surface area contributed by atoms with Gasteiger partial charge >= 0.3 is 12.2 Å². The summed E-state index contributed by atoms with van der Waals surface area (Å²) in [6.07, 6.45) is -7.61. The number of alkyl halides is 6. The van der Waals surface area contributed by atoms with Crippen LogP contribution in [-0.4, -0.2) is 32.2 Å². The second-order valence-corrected chi connectivity index (χ2v) is 10.8. The third kappa shape index (κ3) is 7.16. The maximum atomic E-state index is 14.1. The molecule has 4 rings (SSSR count). The predicted octanol–water partition coefficient (Wildman–Crippen LogP) is 6.56. The first-order valence-corrected chi connectivity index (χ1v) is 14.1. The average Bonchev–Trinajstić information content (AvgIpc) is 2.90. The summed E-state index contributed by atoms with van der Waals surface area (Å²) >= 11 is 0. The van der Waals surface area contributed by atoms with Crippen molar-refractivity contribution in [3.63, 3.8) is 0 Å². The van der Waals surface area contributed by atoms with Crippen molar-refractivity contribution in [2.75, 3.05) is 6.54 Å². The van der Waals surface area contributed by atoms with Crippen LogP contribution in [0, 0.1) is 0 Å². The Kier molecular flexibility index (Phi) is 9.52. The topological polar surface area (TPSA) is 97.5 Å². The normalized spacial score (nSPS) is 16.5. The van der Waals surface area contributed by atoms with Gasteiger partial charge in [0.05, 0.1) is 11.4 Å². The number of nitrogens with one attached hydrogen (secondary N) is 2. The summed E-state index contributed by atoms with van der Waals surface area (Å²) in [4.78, 5) is 14.0. The molecule has 0 radical (unpaired) electrons. The first kappa shape index (κ1) is 32.7. The van der Waals surface area contributed by atoms with Crippen molar-refractivity contribution in [2.24, 2.45) is 0 Å². The Bertz CT molecular complexity index is 1660. The number of aromatic amines is 1. The predicted molar refractivity (Wildman–Crippen MR) is 144 cm³/mol. The summed E-state index contributed by atoms with van der Waals surface area (Å²) in [6, 6.07) is 10.8. The molecule has 2 aromatic carbocycles. The van der Waals surface area contributed by atoms with E-state index in [0.717, 1.165) is 12.1 Å². The molecular weight excluding hydrogens is 590 g/mol. The van der Waals surface area contributed by atoms with E-state index in [0.29, 0.717) is 18.1 Å². The number of fused-ring (bicyclic) bond motifs is 1. The minimum Gasteiger partial charge on any atom is -0.424 e. The SMILES string of the molecule is C/C=C\C1=C(CNS(=O)(=O)c2ccc(Cc3ccc4[nH]c(=O)cc(C(C)(F)F)c4c3)cc2)OC(F)(F)C(F)(F)O1.CC. The molecular formula is C28H28F6N2O5S. The van der Waals surface area contributed by atoms with Crippen molar-refractivity contribution in [1.82, 2.24) is 9.71 Å². The molecule has 0 saturated heterocycles. The summed E-state index contributed by atoms with van der Waals surface area (Å²) in [6.45, 7) is 5.19. The Morgan fingerprint density at radius 2 is 1.55 bits per heavy atom. The highest BCUT2D eigenvalue weighted by atomic mass is 32.2. The minimum atomic E-state index is -5.02. The van der Waals surface area contributed by atoms with Crippen molar-refractivity contribution in [1.29, 1.82) is 0 Å². The summed E-state index contributed by atoms with van der Waals surface area (Å²) in [5.41, 5.74) is 0.362. The molecule has 0 atom stereocenters. The molecule has 2 heterocycles. The lowest BCUT2D eigenvalue weighted by Crippen LogP contribution is -2.49. The van der Waals surface area contributed by atoms with Crippen LogP contribution in [0.3, 0.4) is 0 Å². The second kappa shape index (κ2) is 12.2. The Labute approximate surface area is 237 Å². The molecule has 42 heavy (non-hydrogen) atoms. The number of rotatable bonds is 8. The van der Waals surface area contributed by atoms with Crippen molar-refractivity contribution in [2.45, 2.75) is 57.2 Å². The van der Waals surface area contributed by atoms with Crippen molar-refractivity contribution < 1.29 is 44.2 Å². The highest BCUT2D eigenvalue weighted by Crippen LogP contribution is 2.44. The number of benzene rings is 2. The number of allylic oxidation sites excluding steroid dienone is 2. The van der Waals surface area contributed by atoms with Crippen LogP contribution in [0.5, 0.6) is 0 Å². The van der Waals surface area contributed by atoms with E-state index in [1.807, 2.05) is 18.6 Å². The molecule has 14 heteroatoms. The van der Waals surface area contributed by atoms with Crippen LogP contribution in [0.25, 0.3) is 10.9 Å². The van der Waals surface area contributed by atoms with Gasteiger partial charge in [-0.1, -0.05) is 38.1 Å². The maximum Gasteiger partial charge on any atom is 0.507 e. The number of halogens is 6. The number of aromatic nitrogens is 1. The number of H-pyrrole nitrogens is 1. The van der Waals surface area contributed by atoms with Crippen LogP contribution >= 0.6 is 0 Å². The van der Waals surface area contributed by atoms with E-state index in [9.17, 15) is 39.6 Å². The molecule has 0 spiro atoms. The number of pyridine rings is 1. The Balaban J connectivity index is 0.00000237. The van der Waals surface area contributed by atoms with Crippen LogP contribution in [0.1, 0.15) is 44.4 Å². The number of sulfonamides is 1. The maximum absolute atomic E-state index is 14.1. The van der Waals surface area contributed by atoms with Crippen LogP contribution in [-0.2, 0) is 31.8 Å². The lowest BCUT2D eigenvalue weighted by molar-refractivity contribution is -0.426. The van der Waals surface area contributed by atoms with E-state index in [2.05, 4.69) is 14.5 Å². The number of ether oxygens (including phenoxy) is 2. The van der Waals surface area contributed by atoms with Crippen LogP contribution in [0.2, 0.25) is 0 Å². The monoisotopic (exact) mass is 618 g/mol. The second-order valence-electron chi connectivity index (χ2n) is 8.99. The fraction of sp³-hybridized carbons (Fsp3) is 0.321. The third-order valence-electron chi connectivity index (χ3n) is 5.87. The standard InChI is InChI=1S/C26H22F6N2O5S.C2H6/c1-3-4-21-22(39-26(31,32)25(29,30)38-21)14-33-40(36,37)17-8-5-15(6-9-17)11-16-7-10-20-18(12-16)19(24(2,27)28)13-23(35)34-20;1-2/h3-10,12-13,33H,11,14H2,1-2H3,(H,34,35);1-2H3/b4-3-;. The molecule has 0 fully saturated rings. The molecule has 0 unspecified atom stereocenters. The van der Waals surface area contributed by atoms with Gasteiger partial charge < -0.3 is 14.5 Å². The van der Waals surface area contributed by atoms with Gasteiger partial charge in [-0.3, -0.25) is 4.79 Å². The van der Waals surface area contributed by atoms with E-state index in [-0.39, 0.29) is 22.2 Å². The molecule has 0 amide bonds. The quantitative estimate of drug-likeness (QED) is 0.279. The summed E-state index contributed by atoms with van der Waals surface area (Å²) in [5.74, 6) is -4.87. The molecule has 1 aliphatic heterocycles. The van der Waals surface area contributed by atoms with Crippen LogP contribution in [0.4, 0.5) is 26.3 Å². The van der Waals surface area contributed by atoms with Gasteiger partial charge in [0.1, 0.15) is 0 Å². The van der Waals surface area contributed by atoms with Gasteiger partial charge in [0.25, 0.3) is 5.92 Å². The summed E-state index contributed by atoms with van der Waals surface area (Å²) in [5, 5.41) is 0.164. The summed E-state index contributed by atoms with van der Waals surface area (Å²) in [7, 11) is -4.30. The van der Waals surface area contributed by atoms with Crippen molar-refractivity contribution in [3.8, 4) is 0 Å². The number of hydrogen-bond donors (Lipinski definition) is 2. The fourth-order valence-electron chi connectivity index (χ4n) is 3.96. The van der Waals surface area contributed by atoms with Crippen LogP contribution in [0.15, 0.2) is 81.9 Å². The lowest BCUT2D eigenvalue weighted by Gasteiger charge is -2.32. The molecule has 0 bridgehead atoms.